The zero-order chi connectivity index (χ0) is 18.4. The zero-order valence-corrected chi connectivity index (χ0v) is 14.4. The summed E-state index contributed by atoms with van der Waals surface area (Å²) < 4.78 is 16.6. The first kappa shape index (κ1) is 15.6. The number of carbonyl (C=O) groups is 1. The number of fused-ring (bicyclic) bond motifs is 2. The number of para-hydroxylation sites is 2. The van der Waals surface area contributed by atoms with Crippen LogP contribution in [0.15, 0.2) is 63.5 Å². The first-order valence-electron chi connectivity index (χ1n) is 8.49. The van der Waals surface area contributed by atoms with Gasteiger partial charge in [0.15, 0.2) is 11.2 Å². The Morgan fingerprint density at radius 1 is 1.00 bits per heavy atom. The van der Waals surface area contributed by atoms with E-state index in [1.807, 2.05) is 24.3 Å². The van der Waals surface area contributed by atoms with Gasteiger partial charge < -0.3 is 13.6 Å². The number of hydrogen-bond acceptors (Lipinski definition) is 6. The van der Waals surface area contributed by atoms with Crippen LogP contribution in [0.2, 0.25) is 0 Å². The Morgan fingerprint density at radius 3 is 2.52 bits per heavy atom. The summed E-state index contributed by atoms with van der Waals surface area (Å²) in [5.41, 5.74) is 4.31. The number of benzene rings is 2. The lowest BCUT2D eigenvalue weighted by Crippen LogP contribution is -2.01. The highest BCUT2D eigenvalue weighted by atomic mass is 16.5. The Balaban J connectivity index is 1.69. The molecule has 2 heterocycles. The van der Waals surface area contributed by atoms with Gasteiger partial charge in [-0.1, -0.05) is 30.4 Å². The second kappa shape index (κ2) is 5.95. The third kappa shape index (κ3) is 2.45. The van der Waals surface area contributed by atoms with Crippen molar-refractivity contribution in [2.75, 3.05) is 7.11 Å². The molecular weight excluding hydrogens is 344 g/mol. The van der Waals surface area contributed by atoms with Crippen molar-refractivity contribution in [3.63, 3.8) is 0 Å². The minimum Gasteiger partial charge on any atom is -0.465 e. The maximum absolute atomic E-state index is 12.0. The quantitative estimate of drug-likeness (QED) is 0.491. The molecule has 0 radical (unpaired) electrons. The molecule has 2 aromatic carbocycles. The van der Waals surface area contributed by atoms with Crippen LogP contribution in [0.5, 0.6) is 0 Å². The molecule has 0 unspecified atom stereocenters. The summed E-state index contributed by atoms with van der Waals surface area (Å²) in [7, 11) is 1.34. The van der Waals surface area contributed by atoms with Crippen LogP contribution in [0, 0.1) is 0 Å². The molecule has 6 heteroatoms. The lowest BCUT2D eigenvalue weighted by Gasteiger charge is -1.97. The van der Waals surface area contributed by atoms with Gasteiger partial charge in [-0.05, 0) is 30.7 Å². The lowest BCUT2D eigenvalue weighted by molar-refractivity contribution is 0.0602. The number of esters is 1. The summed E-state index contributed by atoms with van der Waals surface area (Å²) in [5, 5.41) is 0. The highest BCUT2D eigenvalue weighted by Gasteiger charge is 2.20. The Hall–Kier alpha value is -3.67. The van der Waals surface area contributed by atoms with Crippen LogP contribution in [0.3, 0.4) is 0 Å². The van der Waals surface area contributed by atoms with Crippen molar-refractivity contribution in [1.29, 1.82) is 0 Å². The Kier molecular flexibility index (Phi) is 3.43. The van der Waals surface area contributed by atoms with Gasteiger partial charge in [-0.2, -0.15) is 0 Å². The van der Waals surface area contributed by atoms with Crippen LogP contribution in [0.4, 0.5) is 0 Å². The number of hydrogen-bond donors (Lipinski definition) is 0. The molecule has 0 saturated carbocycles. The van der Waals surface area contributed by atoms with Crippen LogP contribution < -0.4 is 0 Å². The fourth-order valence-corrected chi connectivity index (χ4v) is 3.20. The summed E-state index contributed by atoms with van der Waals surface area (Å²) in [4.78, 5) is 21.2. The van der Waals surface area contributed by atoms with Crippen molar-refractivity contribution < 1.29 is 18.4 Å². The van der Waals surface area contributed by atoms with Gasteiger partial charge in [0.05, 0.1) is 18.2 Å². The number of oxazole rings is 2. The number of ether oxygens (including phenoxy) is 1. The second-order valence-corrected chi connectivity index (χ2v) is 6.13. The van der Waals surface area contributed by atoms with Crippen molar-refractivity contribution >= 4 is 33.7 Å². The average molecular weight is 358 g/mol. The van der Waals surface area contributed by atoms with Crippen LogP contribution >= 0.6 is 0 Å². The third-order valence-corrected chi connectivity index (χ3v) is 4.49. The Bertz CT molecular complexity index is 1260. The molecule has 0 N–H and O–H groups in total. The fourth-order valence-electron chi connectivity index (χ4n) is 3.20. The summed E-state index contributed by atoms with van der Waals surface area (Å²) in [6.45, 7) is 0. The summed E-state index contributed by atoms with van der Waals surface area (Å²) in [6.07, 6.45) is 6.99. The summed E-state index contributed by atoms with van der Waals surface area (Å²) in [5.74, 6) is 0.489. The molecule has 4 aromatic rings. The molecule has 6 nitrogen and oxygen atoms in total. The van der Waals surface area contributed by atoms with Crippen LogP contribution in [-0.2, 0) is 4.74 Å². The number of methoxy groups -OCH3 is 1. The molecule has 0 fully saturated rings. The summed E-state index contributed by atoms with van der Waals surface area (Å²) in [6, 6.07) is 10.8. The number of aromatic nitrogens is 2. The van der Waals surface area contributed by atoms with Gasteiger partial charge in [-0.25, -0.2) is 14.8 Å². The van der Waals surface area contributed by atoms with Crippen LogP contribution in [0.25, 0.3) is 39.2 Å². The number of allylic oxidation sites excluding steroid dienone is 4. The maximum Gasteiger partial charge on any atom is 0.340 e. The molecule has 27 heavy (non-hydrogen) atoms. The minimum atomic E-state index is -0.456. The zero-order valence-electron chi connectivity index (χ0n) is 14.4. The molecular formula is C21H14N2O4. The van der Waals surface area contributed by atoms with Crippen molar-refractivity contribution in [2.24, 2.45) is 0 Å². The average Bonchev–Trinajstić information content (AvgIpc) is 3.44. The van der Waals surface area contributed by atoms with Crippen molar-refractivity contribution in [3.8, 4) is 11.5 Å². The van der Waals surface area contributed by atoms with Crippen molar-refractivity contribution in [2.45, 2.75) is 6.42 Å². The molecule has 0 bridgehead atoms. The smallest absolute Gasteiger partial charge is 0.340 e. The molecule has 1 aliphatic rings. The van der Waals surface area contributed by atoms with Gasteiger partial charge in [-0.15, -0.1) is 0 Å². The molecule has 1 aliphatic carbocycles. The minimum absolute atomic E-state index is 0.360. The van der Waals surface area contributed by atoms with E-state index >= 15 is 0 Å². The maximum atomic E-state index is 12.0. The van der Waals surface area contributed by atoms with Gasteiger partial charge in [0, 0.05) is 5.57 Å². The Labute approximate surface area is 153 Å². The van der Waals surface area contributed by atoms with Gasteiger partial charge in [-0.3, -0.25) is 0 Å². The number of carbonyl (C=O) groups excluding carboxylic acids is 1. The molecule has 0 saturated heterocycles. The van der Waals surface area contributed by atoms with Gasteiger partial charge in [0.2, 0.25) is 11.8 Å². The molecule has 2 aromatic heterocycles. The van der Waals surface area contributed by atoms with Crippen LogP contribution in [-0.4, -0.2) is 23.0 Å². The van der Waals surface area contributed by atoms with E-state index in [4.69, 9.17) is 13.6 Å². The van der Waals surface area contributed by atoms with E-state index in [1.165, 1.54) is 7.11 Å². The van der Waals surface area contributed by atoms with Crippen molar-refractivity contribution in [1.82, 2.24) is 9.97 Å². The number of rotatable bonds is 3. The highest BCUT2D eigenvalue weighted by Crippen LogP contribution is 2.33. The van der Waals surface area contributed by atoms with E-state index in [1.54, 1.807) is 18.2 Å². The SMILES string of the molecule is COC(=O)c1cccc2oc(-c3cccc4oc(C5=CCC=C5)nc34)nc12. The second-order valence-electron chi connectivity index (χ2n) is 6.13. The van der Waals surface area contributed by atoms with Crippen molar-refractivity contribution in [3.05, 3.63) is 66.1 Å². The molecule has 0 atom stereocenters. The van der Waals surface area contributed by atoms with Crippen LogP contribution in [0.1, 0.15) is 22.7 Å². The predicted molar refractivity (Wildman–Crippen MR) is 100 cm³/mol. The fraction of sp³-hybridized carbons (Fsp3) is 0.0952. The molecule has 0 spiro atoms. The highest BCUT2D eigenvalue weighted by molar-refractivity contribution is 6.02. The van der Waals surface area contributed by atoms with Gasteiger partial charge in [0.25, 0.3) is 0 Å². The van der Waals surface area contributed by atoms with E-state index in [0.29, 0.717) is 45.1 Å². The van der Waals surface area contributed by atoms with Gasteiger partial charge >= 0.3 is 5.97 Å². The normalized spacial score (nSPS) is 13.4. The van der Waals surface area contributed by atoms with E-state index in [2.05, 4.69) is 22.1 Å². The standard InChI is InChI=1S/C21H14N2O4/c1-25-21(24)14-9-5-11-16-18(14)23-20(27-16)13-8-4-10-15-17(13)22-19(26-15)12-6-2-3-7-12/h2,4-11H,3H2,1H3. The van der Waals surface area contributed by atoms with Gasteiger partial charge in [0.1, 0.15) is 11.0 Å². The van der Waals surface area contributed by atoms with E-state index in [9.17, 15) is 4.79 Å². The van der Waals surface area contributed by atoms with E-state index in [-0.39, 0.29) is 0 Å². The predicted octanol–water partition coefficient (Wildman–Crippen LogP) is 4.77. The Morgan fingerprint density at radius 2 is 1.74 bits per heavy atom. The van der Waals surface area contributed by atoms with E-state index < -0.39 is 5.97 Å². The van der Waals surface area contributed by atoms with E-state index in [0.717, 1.165) is 12.0 Å². The molecule has 0 aliphatic heterocycles. The lowest BCUT2D eigenvalue weighted by atomic mass is 10.2. The molecule has 5 rings (SSSR count). The number of nitrogens with zero attached hydrogens (tertiary/aromatic N) is 2. The third-order valence-electron chi connectivity index (χ3n) is 4.49. The monoisotopic (exact) mass is 358 g/mol. The first-order chi connectivity index (χ1) is 13.2. The molecule has 132 valence electrons. The molecule has 0 amide bonds. The topological polar surface area (TPSA) is 78.4 Å². The summed E-state index contributed by atoms with van der Waals surface area (Å²) >= 11 is 0. The first-order valence-corrected chi connectivity index (χ1v) is 8.49. The largest absolute Gasteiger partial charge is 0.465 e.